The SMILES string of the molecule is O=Cc1ccc(OCC(F)(F)F)c(C(F)(F)F)c1. The van der Waals surface area contributed by atoms with E-state index in [1.165, 1.54) is 0 Å². The van der Waals surface area contributed by atoms with E-state index in [2.05, 4.69) is 4.74 Å². The zero-order valence-electron chi connectivity index (χ0n) is 8.60. The van der Waals surface area contributed by atoms with E-state index >= 15 is 0 Å². The molecule has 0 saturated carbocycles. The van der Waals surface area contributed by atoms with Crippen LogP contribution in [-0.4, -0.2) is 19.1 Å². The molecule has 1 rings (SSSR count). The average molecular weight is 272 g/mol. The number of hydrogen-bond acceptors (Lipinski definition) is 2. The summed E-state index contributed by atoms with van der Waals surface area (Å²) < 4.78 is 77.1. The lowest BCUT2D eigenvalue weighted by molar-refractivity contribution is -0.158. The average Bonchev–Trinajstić information content (AvgIpc) is 2.24. The first kappa shape index (κ1) is 14.3. The maximum Gasteiger partial charge on any atom is 0.422 e. The van der Waals surface area contributed by atoms with Gasteiger partial charge in [0.15, 0.2) is 6.61 Å². The van der Waals surface area contributed by atoms with Crippen LogP contribution in [0.4, 0.5) is 26.3 Å². The molecule has 0 atom stereocenters. The monoisotopic (exact) mass is 272 g/mol. The molecule has 0 bridgehead atoms. The highest BCUT2D eigenvalue weighted by atomic mass is 19.4. The molecule has 0 N–H and O–H groups in total. The number of rotatable bonds is 3. The summed E-state index contributed by atoms with van der Waals surface area (Å²) in [6, 6.07) is 2.05. The van der Waals surface area contributed by atoms with Gasteiger partial charge in [0, 0.05) is 5.56 Å². The van der Waals surface area contributed by atoms with Gasteiger partial charge < -0.3 is 4.74 Å². The Balaban J connectivity index is 3.07. The molecule has 0 radical (unpaired) electrons. The Morgan fingerprint density at radius 3 is 2.17 bits per heavy atom. The third-order valence-corrected chi connectivity index (χ3v) is 1.84. The molecule has 0 aliphatic carbocycles. The van der Waals surface area contributed by atoms with Gasteiger partial charge in [0.1, 0.15) is 12.0 Å². The van der Waals surface area contributed by atoms with Gasteiger partial charge in [-0.25, -0.2) is 0 Å². The van der Waals surface area contributed by atoms with Gasteiger partial charge in [-0.05, 0) is 18.2 Å². The number of hydrogen-bond donors (Lipinski definition) is 0. The highest BCUT2D eigenvalue weighted by Gasteiger charge is 2.36. The van der Waals surface area contributed by atoms with Crippen molar-refractivity contribution in [1.29, 1.82) is 0 Å². The maximum absolute atomic E-state index is 12.5. The van der Waals surface area contributed by atoms with Crippen molar-refractivity contribution >= 4 is 6.29 Å². The first-order valence-corrected chi connectivity index (χ1v) is 4.49. The molecule has 0 aliphatic heterocycles. The lowest BCUT2D eigenvalue weighted by Crippen LogP contribution is -2.21. The largest absolute Gasteiger partial charge is 0.483 e. The predicted octanol–water partition coefficient (Wildman–Crippen LogP) is 3.46. The van der Waals surface area contributed by atoms with Gasteiger partial charge in [-0.1, -0.05) is 0 Å². The Bertz CT molecular complexity index is 435. The van der Waals surface area contributed by atoms with Crippen molar-refractivity contribution in [2.45, 2.75) is 12.4 Å². The minimum atomic E-state index is -4.90. The molecule has 0 fully saturated rings. The van der Waals surface area contributed by atoms with E-state index in [4.69, 9.17) is 0 Å². The number of carbonyl (C=O) groups is 1. The van der Waals surface area contributed by atoms with E-state index in [-0.39, 0.29) is 11.8 Å². The third-order valence-electron chi connectivity index (χ3n) is 1.84. The van der Waals surface area contributed by atoms with Gasteiger partial charge in [0.05, 0.1) is 5.56 Å². The number of alkyl halides is 6. The predicted molar refractivity (Wildman–Crippen MR) is 48.4 cm³/mol. The Labute approximate surface area is 97.2 Å². The molecular weight excluding hydrogens is 266 g/mol. The zero-order chi connectivity index (χ0) is 14.0. The van der Waals surface area contributed by atoms with Crippen molar-refractivity contribution in [1.82, 2.24) is 0 Å². The molecule has 2 nitrogen and oxygen atoms in total. The van der Waals surface area contributed by atoms with E-state index in [9.17, 15) is 31.1 Å². The number of halogens is 6. The molecule has 100 valence electrons. The Hall–Kier alpha value is -1.73. The van der Waals surface area contributed by atoms with Crippen LogP contribution in [0.15, 0.2) is 18.2 Å². The summed E-state index contributed by atoms with van der Waals surface area (Å²) in [7, 11) is 0. The van der Waals surface area contributed by atoms with E-state index in [0.29, 0.717) is 12.1 Å². The lowest BCUT2D eigenvalue weighted by atomic mass is 10.1. The molecule has 0 aromatic heterocycles. The molecule has 8 heteroatoms. The summed E-state index contributed by atoms with van der Waals surface area (Å²) in [6.07, 6.45) is -9.49. The van der Waals surface area contributed by atoms with Gasteiger partial charge in [-0.3, -0.25) is 4.79 Å². The summed E-state index contributed by atoms with van der Waals surface area (Å²) in [6.45, 7) is -1.84. The van der Waals surface area contributed by atoms with Gasteiger partial charge in [-0.15, -0.1) is 0 Å². The summed E-state index contributed by atoms with van der Waals surface area (Å²) >= 11 is 0. The molecule has 0 spiro atoms. The highest BCUT2D eigenvalue weighted by molar-refractivity contribution is 5.75. The third kappa shape index (κ3) is 3.94. The number of ether oxygens (including phenoxy) is 1. The molecule has 0 amide bonds. The normalized spacial score (nSPS) is 12.3. The van der Waals surface area contributed by atoms with Crippen LogP contribution in [0.1, 0.15) is 15.9 Å². The van der Waals surface area contributed by atoms with Crippen molar-refractivity contribution in [2.75, 3.05) is 6.61 Å². The van der Waals surface area contributed by atoms with E-state index < -0.39 is 30.3 Å². The van der Waals surface area contributed by atoms with Crippen LogP contribution in [0.3, 0.4) is 0 Å². The Morgan fingerprint density at radius 1 is 1.11 bits per heavy atom. The second-order valence-electron chi connectivity index (χ2n) is 3.28. The first-order chi connectivity index (χ1) is 8.13. The van der Waals surface area contributed by atoms with Crippen LogP contribution in [0, 0.1) is 0 Å². The second-order valence-corrected chi connectivity index (χ2v) is 3.28. The molecule has 0 aliphatic rings. The second kappa shape index (κ2) is 4.87. The molecular formula is C10H6F6O2. The van der Waals surface area contributed by atoms with Crippen molar-refractivity contribution in [2.24, 2.45) is 0 Å². The van der Waals surface area contributed by atoms with Crippen LogP contribution < -0.4 is 4.74 Å². The minimum Gasteiger partial charge on any atom is -0.483 e. The molecule has 0 saturated heterocycles. The zero-order valence-corrected chi connectivity index (χ0v) is 8.60. The number of aldehydes is 1. The minimum absolute atomic E-state index is 0.156. The van der Waals surface area contributed by atoms with Crippen molar-refractivity contribution in [3.8, 4) is 5.75 Å². The van der Waals surface area contributed by atoms with Crippen LogP contribution in [-0.2, 0) is 6.18 Å². The molecule has 0 heterocycles. The fourth-order valence-corrected chi connectivity index (χ4v) is 1.13. The van der Waals surface area contributed by atoms with Crippen molar-refractivity contribution in [3.05, 3.63) is 29.3 Å². The van der Waals surface area contributed by atoms with Gasteiger partial charge >= 0.3 is 12.4 Å². The quantitative estimate of drug-likeness (QED) is 0.622. The Kier molecular flexibility index (Phi) is 3.88. The maximum atomic E-state index is 12.5. The smallest absolute Gasteiger partial charge is 0.422 e. The van der Waals surface area contributed by atoms with Crippen LogP contribution in [0.5, 0.6) is 5.75 Å². The topological polar surface area (TPSA) is 26.3 Å². The Morgan fingerprint density at radius 2 is 1.72 bits per heavy atom. The molecule has 1 aromatic rings. The van der Waals surface area contributed by atoms with Crippen molar-refractivity contribution < 1.29 is 35.9 Å². The summed E-state index contributed by atoms with van der Waals surface area (Å²) in [5.74, 6) is -0.967. The van der Waals surface area contributed by atoms with E-state index in [1.54, 1.807) is 0 Å². The van der Waals surface area contributed by atoms with Gasteiger partial charge in [-0.2, -0.15) is 26.3 Å². The van der Waals surface area contributed by atoms with E-state index in [1.807, 2.05) is 0 Å². The van der Waals surface area contributed by atoms with Crippen LogP contribution >= 0.6 is 0 Å². The molecule has 1 aromatic carbocycles. The van der Waals surface area contributed by atoms with E-state index in [0.717, 1.165) is 6.07 Å². The van der Waals surface area contributed by atoms with Crippen LogP contribution in [0.2, 0.25) is 0 Å². The van der Waals surface area contributed by atoms with Crippen LogP contribution in [0.25, 0.3) is 0 Å². The summed E-state index contributed by atoms with van der Waals surface area (Å²) in [5, 5.41) is 0. The fourth-order valence-electron chi connectivity index (χ4n) is 1.13. The number of benzene rings is 1. The van der Waals surface area contributed by atoms with Crippen molar-refractivity contribution in [3.63, 3.8) is 0 Å². The standard InChI is InChI=1S/C10H6F6O2/c11-9(12,13)5-18-8-2-1-6(4-17)3-7(8)10(14,15)16/h1-4H,5H2. The number of carbonyl (C=O) groups excluding carboxylic acids is 1. The molecule has 18 heavy (non-hydrogen) atoms. The van der Waals surface area contributed by atoms with Gasteiger partial charge in [0.2, 0.25) is 0 Å². The highest BCUT2D eigenvalue weighted by Crippen LogP contribution is 2.37. The molecule has 0 unspecified atom stereocenters. The summed E-state index contributed by atoms with van der Waals surface area (Å²) in [4.78, 5) is 10.3. The summed E-state index contributed by atoms with van der Waals surface area (Å²) in [5.41, 5.74) is -1.72. The first-order valence-electron chi connectivity index (χ1n) is 4.49. The fraction of sp³-hybridized carbons (Fsp3) is 0.300. The lowest BCUT2D eigenvalue weighted by Gasteiger charge is -2.15. The van der Waals surface area contributed by atoms with Gasteiger partial charge in [0.25, 0.3) is 0 Å².